The predicted molar refractivity (Wildman–Crippen MR) is 78.0 cm³/mol. The molecular weight excluding hydrogens is 222 g/mol. The Hall–Kier alpha value is -0.120. The van der Waals surface area contributed by atoms with Gasteiger partial charge in [-0.25, -0.2) is 0 Å². The van der Waals surface area contributed by atoms with E-state index in [4.69, 9.17) is 0 Å². The lowest BCUT2D eigenvalue weighted by Gasteiger charge is -2.44. The second-order valence-electron chi connectivity index (χ2n) is 7.10. The molecular formula is C15H31N3. The van der Waals surface area contributed by atoms with Gasteiger partial charge in [0, 0.05) is 43.8 Å². The molecule has 3 nitrogen and oxygen atoms in total. The van der Waals surface area contributed by atoms with E-state index in [2.05, 4.69) is 42.8 Å². The summed E-state index contributed by atoms with van der Waals surface area (Å²) in [4.78, 5) is 5.29. The second-order valence-corrected chi connectivity index (χ2v) is 7.10. The van der Waals surface area contributed by atoms with Crippen molar-refractivity contribution >= 4 is 0 Å². The van der Waals surface area contributed by atoms with Crippen LogP contribution in [0.3, 0.4) is 0 Å². The maximum Gasteiger partial charge on any atom is 0.0306 e. The lowest BCUT2D eigenvalue weighted by atomic mass is 9.93. The molecule has 2 fully saturated rings. The van der Waals surface area contributed by atoms with Crippen LogP contribution < -0.4 is 5.32 Å². The van der Waals surface area contributed by atoms with E-state index in [1.807, 2.05) is 0 Å². The lowest BCUT2D eigenvalue weighted by Crippen LogP contribution is -2.57. The van der Waals surface area contributed by atoms with Gasteiger partial charge in [-0.15, -0.1) is 0 Å². The van der Waals surface area contributed by atoms with Crippen LogP contribution in [0.1, 0.15) is 47.0 Å². The molecule has 2 aliphatic rings. The van der Waals surface area contributed by atoms with Gasteiger partial charge in [0.2, 0.25) is 0 Å². The molecule has 3 heteroatoms. The summed E-state index contributed by atoms with van der Waals surface area (Å²) in [5.74, 6) is 0. The van der Waals surface area contributed by atoms with Crippen molar-refractivity contribution in [1.82, 2.24) is 15.1 Å². The quantitative estimate of drug-likeness (QED) is 0.829. The molecule has 0 aromatic carbocycles. The highest BCUT2D eigenvalue weighted by molar-refractivity contribution is 4.95. The number of nitrogens with one attached hydrogen (secondary N) is 1. The molecule has 2 saturated heterocycles. The zero-order valence-electron chi connectivity index (χ0n) is 12.8. The molecule has 2 rings (SSSR count). The fourth-order valence-electron chi connectivity index (χ4n) is 3.42. The van der Waals surface area contributed by atoms with Crippen molar-refractivity contribution in [2.75, 3.05) is 39.3 Å². The monoisotopic (exact) mass is 253 g/mol. The maximum atomic E-state index is 3.75. The summed E-state index contributed by atoms with van der Waals surface area (Å²) in [6, 6.07) is 0. The van der Waals surface area contributed by atoms with Gasteiger partial charge in [0.15, 0.2) is 0 Å². The second kappa shape index (κ2) is 5.48. The van der Waals surface area contributed by atoms with E-state index < -0.39 is 0 Å². The van der Waals surface area contributed by atoms with E-state index >= 15 is 0 Å². The van der Waals surface area contributed by atoms with E-state index in [0.717, 1.165) is 0 Å². The molecule has 0 bridgehead atoms. The van der Waals surface area contributed by atoms with Gasteiger partial charge in [0.1, 0.15) is 0 Å². The van der Waals surface area contributed by atoms with Gasteiger partial charge in [-0.05, 0) is 46.6 Å². The zero-order chi connectivity index (χ0) is 13.2. The van der Waals surface area contributed by atoms with Crippen LogP contribution in [-0.2, 0) is 0 Å². The minimum Gasteiger partial charge on any atom is -0.310 e. The van der Waals surface area contributed by atoms with E-state index in [9.17, 15) is 0 Å². The molecule has 0 amide bonds. The zero-order valence-corrected chi connectivity index (χ0v) is 12.8. The number of hydrogen-bond donors (Lipinski definition) is 1. The van der Waals surface area contributed by atoms with E-state index in [0.29, 0.717) is 11.1 Å². The Balaban J connectivity index is 1.83. The van der Waals surface area contributed by atoms with Crippen LogP contribution in [0.5, 0.6) is 0 Å². The Kier molecular flexibility index (Phi) is 4.35. The molecule has 0 saturated carbocycles. The standard InChI is InChI=1S/C15H31N3/c1-5-15(7-6-8-16-15)13-17-9-11-18(12-10-17)14(2,3)4/h16H,5-13H2,1-4H3. The molecule has 2 aliphatic heterocycles. The minimum atomic E-state index is 0.333. The van der Waals surface area contributed by atoms with Gasteiger partial charge >= 0.3 is 0 Å². The predicted octanol–water partition coefficient (Wildman–Crippen LogP) is 1.93. The molecule has 2 heterocycles. The van der Waals surface area contributed by atoms with Gasteiger partial charge in [-0.1, -0.05) is 6.92 Å². The average Bonchev–Trinajstić information content (AvgIpc) is 2.78. The third-order valence-corrected chi connectivity index (χ3v) is 4.86. The Labute approximate surface area is 113 Å². The summed E-state index contributed by atoms with van der Waals surface area (Å²) >= 11 is 0. The van der Waals surface area contributed by atoms with Crippen LogP contribution >= 0.6 is 0 Å². The third-order valence-electron chi connectivity index (χ3n) is 4.86. The molecule has 1 unspecified atom stereocenters. The van der Waals surface area contributed by atoms with Crippen molar-refractivity contribution in [2.45, 2.75) is 58.0 Å². The molecule has 0 aliphatic carbocycles. The van der Waals surface area contributed by atoms with Crippen LogP contribution in [0.2, 0.25) is 0 Å². The smallest absolute Gasteiger partial charge is 0.0306 e. The summed E-state index contributed by atoms with van der Waals surface area (Å²) in [6.07, 6.45) is 3.99. The first-order valence-electron chi connectivity index (χ1n) is 7.68. The first-order valence-corrected chi connectivity index (χ1v) is 7.68. The van der Waals surface area contributed by atoms with Gasteiger partial charge in [0.05, 0.1) is 0 Å². The SMILES string of the molecule is CCC1(CN2CCN(C(C)(C)C)CC2)CCCN1. The van der Waals surface area contributed by atoms with Crippen LogP contribution in [0, 0.1) is 0 Å². The normalized spacial score (nSPS) is 32.0. The average molecular weight is 253 g/mol. The van der Waals surface area contributed by atoms with Gasteiger partial charge in [0.25, 0.3) is 0 Å². The lowest BCUT2D eigenvalue weighted by molar-refractivity contribution is 0.0491. The minimum absolute atomic E-state index is 0.333. The first-order chi connectivity index (χ1) is 8.45. The first kappa shape index (κ1) is 14.3. The Morgan fingerprint density at radius 3 is 2.22 bits per heavy atom. The van der Waals surface area contributed by atoms with Crippen LogP contribution in [0.25, 0.3) is 0 Å². The summed E-state index contributed by atoms with van der Waals surface area (Å²) in [7, 11) is 0. The highest BCUT2D eigenvalue weighted by atomic mass is 15.3. The topological polar surface area (TPSA) is 18.5 Å². The molecule has 0 aromatic heterocycles. The largest absolute Gasteiger partial charge is 0.310 e. The van der Waals surface area contributed by atoms with Crippen molar-refractivity contribution in [2.24, 2.45) is 0 Å². The third kappa shape index (κ3) is 3.25. The number of piperazine rings is 1. The Morgan fingerprint density at radius 1 is 1.11 bits per heavy atom. The van der Waals surface area contributed by atoms with Crippen molar-refractivity contribution in [3.63, 3.8) is 0 Å². The fourth-order valence-corrected chi connectivity index (χ4v) is 3.42. The molecule has 1 N–H and O–H groups in total. The molecule has 18 heavy (non-hydrogen) atoms. The molecule has 0 aromatic rings. The summed E-state index contributed by atoms with van der Waals surface area (Å²) < 4.78 is 0. The maximum absolute atomic E-state index is 3.75. The van der Waals surface area contributed by atoms with Gasteiger partial charge in [-0.2, -0.15) is 0 Å². The van der Waals surface area contributed by atoms with Crippen LogP contribution in [-0.4, -0.2) is 60.1 Å². The van der Waals surface area contributed by atoms with E-state index in [-0.39, 0.29) is 0 Å². The van der Waals surface area contributed by atoms with Crippen LogP contribution in [0.15, 0.2) is 0 Å². The highest BCUT2D eigenvalue weighted by Gasteiger charge is 2.35. The molecule has 106 valence electrons. The van der Waals surface area contributed by atoms with Crippen molar-refractivity contribution in [3.8, 4) is 0 Å². The molecule has 1 atom stereocenters. The van der Waals surface area contributed by atoms with E-state index in [1.54, 1.807) is 0 Å². The Morgan fingerprint density at radius 2 is 1.78 bits per heavy atom. The van der Waals surface area contributed by atoms with Gasteiger partial charge in [-0.3, -0.25) is 9.80 Å². The number of rotatable bonds is 3. The fraction of sp³-hybridized carbons (Fsp3) is 1.00. The molecule has 0 radical (unpaired) electrons. The summed E-state index contributed by atoms with van der Waals surface area (Å²) in [5.41, 5.74) is 0.754. The number of hydrogen-bond acceptors (Lipinski definition) is 3. The Bertz CT molecular complexity index is 255. The van der Waals surface area contributed by atoms with Crippen molar-refractivity contribution < 1.29 is 0 Å². The van der Waals surface area contributed by atoms with Gasteiger partial charge < -0.3 is 5.32 Å². The highest BCUT2D eigenvalue weighted by Crippen LogP contribution is 2.25. The van der Waals surface area contributed by atoms with E-state index in [1.165, 1.54) is 58.5 Å². The number of nitrogens with zero attached hydrogens (tertiary/aromatic N) is 2. The summed E-state index contributed by atoms with van der Waals surface area (Å²) in [5, 5.41) is 3.75. The van der Waals surface area contributed by atoms with Crippen LogP contribution in [0.4, 0.5) is 0 Å². The van der Waals surface area contributed by atoms with Crippen molar-refractivity contribution in [3.05, 3.63) is 0 Å². The summed E-state index contributed by atoms with van der Waals surface area (Å²) in [6.45, 7) is 16.7. The molecule has 0 spiro atoms. The van der Waals surface area contributed by atoms with Crippen molar-refractivity contribution in [1.29, 1.82) is 0 Å².